The number of rotatable bonds is 6. The minimum absolute atomic E-state index is 0.136. The molecule has 0 aliphatic carbocycles. The molecule has 5 rings (SSSR count). The highest BCUT2D eigenvalue weighted by Crippen LogP contribution is 2.32. The summed E-state index contributed by atoms with van der Waals surface area (Å²) in [6.45, 7) is 0.0395. The number of aromatic nitrogens is 4. The summed E-state index contributed by atoms with van der Waals surface area (Å²) in [6.07, 6.45) is 2.06. The summed E-state index contributed by atoms with van der Waals surface area (Å²) in [5.41, 5.74) is 1.09. The lowest BCUT2D eigenvalue weighted by Crippen LogP contribution is -2.62. The Labute approximate surface area is 205 Å². The van der Waals surface area contributed by atoms with Crippen LogP contribution in [0.5, 0.6) is 0 Å². The molecule has 11 nitrogen and oxygen atoms in total. The van der Waals surface area contributed by atoms with E-state index in [1.165, 1.54) is 29.7 Å². The lowest BCUT2D eigenvalue weighted by molar-refractivity contribution is -0.144. The number of pyridine rings is 1. The highest BCUT2D eigenvalue weighted by Gasteiger charge is 2.42. The predicted molar refractivity (Wildman–Crippen MR) is 123 cm³/mol. The van der Waals surface area contributed by atoms with Crippen molar-refractivity contribution in [3.05, 3.63) is 54.6 Å². The number of aliphatic hydroxyl groups is 2. The molecular formula is C23H27F2N7O4. The number of piperidine rings is 1. The van der Waals surface area contributed by atoms with Crippen molar-refractivity contribution in [2.45, 2.75) is 43.6 Å². The molecule has 5 atom stereocenters. The van der Waals surface area contributed by atoms with Crippen molar-refractivity contribution < 1.29 is 28.5 Å². The molecule has 2 aliphatic rings. The van der Waals surface area contributed by atoms with Crippen LogP contribution >= 0.6 is 0 Å². The van der Waals surface area contributed by atoms with E-state index in [0.29, 0.717) is 36.5 Å². The average molecular weight is 504 g/mol. The molecule has 0 bridgehead atoms. The summed E-state index contributed by atoms with van der Waals surface area (Å²) in [5, 5.41) is 21.9. The Bertz CT molecular complexity index is 1200. The van der Waals surface area contributed by atoms with Gasteiger partial charge in [0.25, 0.3) is 5.91 Å². The summed E-state index contributed by atoms with van der Waals surface area (Å²) in [6, 6.07) is 4.10. The molecule has 2 aliphatic heterocycles. The Morgan fingerprint density at radius 3 is 2.97 bits per heavy atom. The summed E-state index contributed by atoms with van der Waals surface area (Å²) in [5.74, 6) is -0.619. The van der Waals surface area contributed by atoms with Gasteiger partial charge < -0.3 is 24.7 Å². The number of hydrogen-bond donors (Lipinski definition) is 3. The maximum Gasteiger partial charge on any atom is 0.253 e. The molecule has 3 unspecified atom stereocenters. The largest absolute Gasteiger partial charge is 0.393 e. The van der Waals surface area contributed by atoms with Crippen molar-refractivity contribution in [3.8, 4) is 0 Å². The smallest absolute Gasteiger partial charge is 0.253 e. The number of ether oxygens (including phenoxy) is 1. The van der Waals surface area contributed by atoms with Crippen LogP contribution in [0.4, 0.5) is 14.6 Å². The fraction of sp³-hybridized carbons (Fsp3) is 0.478. The van der Waals surface area contributed by atoms with Gasteiger partial charge in [-0.1, -0.05) is 0 Å². The maximum absolute atomic E-state index is 15.4. The van der Waals surface area contributed by atoms with E-state index in [4.69, 9.17) is 4.74 Å². The standard InChI is InChI=1S/C23H27F2N7O4/c24-14-3-4-19-27-8-16(31(19)10-14)18-9-28-21(25)23(36-18)32(20-5-6-26-13-29-20)15-2-1-7-30(11-15)22(35)17(34)12-33/h3-6,8,10,13,15,17-18,21,23,28,33-34H,1-2,7,9,11-12H2/t15-,17-,18?,21?,23?/m1/s1. The Kier molecular flexibility index (Phi) is 7.05. The van der Waals surface area contributed by atoms with E-state index in [1.807, 2.05) is 0 Å². The van der Waals surface area contributed by atoms with Crippen LogP contribution in [0.1, 0.15) is 24.6 Å². The fourth-order valence-electron chi connectivity index (χ4n) is 4.83. The van der Waals surface area contributed by atoms with E-state index >= 15 is 4.39 Å². The number of anilines is 1. The molecule has 1 amide bonds. The maximum atomic E-state index is 15.4. The van der Waals surface area contributed by atoms with Gasteiger partial charge in [0.2, 0.25) is 0 Å². The first kappa shape index (κ1) is 24.4. The third-order valence-electron chi connectivity index (χ3n) is 6.54. The van der Waals surface area contributed by atoms with Crippen molar-refractivity contribution in [2.24, 2.45) is 0 Å². The number of amides is 1. The second-order valence-corrected chi connectivity index (χ2v) is 8.84. The normalized spacial score (nSPS) is 25.6. The van der Waals surface area contributed by atoms with Gasteiger partial charge >= 0.3 is 0 Å². The second kappa shape index (κ2) is 10.4. The SMILES string of the molecule is O=C([C@H](O)CO)N1CCC[C@@H](N(c2ccncn2)C2OC(c3cnc4ccc(F)cn34)CNC2F)C1. The number of carbonyl (C=O) groups excluding carboxylic acids is 1. The second-order valence-electron chi connectivity index (χ2n) is 8.84. The number of aliphatic hydroxyl groups excluding tert-OH is 2. The third-order valence-corrected chi connectivity index (χ3v) is 6.54. The number of imidazole rings is 1. The molecule has 3 N–H and O–H groups in total. The van der Waals surface area contributed by atoms with Gasteiger partial charge in [0, 0.05) is 32.0 Å². The number of alkyl halides is 1. The van der Waals surface area contributed by atoms with Crippen LogP contribution in [0.15, 0.2) is 43.1 Å². The number of likely N-dealkylation sites (tertiary alicyclic amines) is 1. The topological polar surface area (TPSA) is 128 Å². The van der Waals surface area contributed by atoms with Crippen LogP contribution in [0.25, 0.3) is 5.65 Å². The summed E-state index contributed by atoms with van der Waals surface area (Å²) >= 11 is 0. The molecule has 5 heterocycles. The first-order valence-electron chi connectivity index (χ1n) is 11.7. The van der Waals surface area contributed by atoms with Crippen molar-refractivity contribution in [3.63, 3.8) is 0 Å². The Morgan fingerprint density at radius 1 is 1.33 bits per heavy atom. The zero-order chi connectivity index (χ0) is 25.2. The van der Waals surface area contributed by atoms with Crippen LogP contribution in [0, 0.1) is 5.82 Å². The molecule has 36 heavy (non-hydrogen) atoms. The Hall–Kier alpha value is -3.26. The van der Waals surface area contributed by atoms with Gasteiger partial charge in [0.15, 0.2) is 18.6 Å². The molecule has 2 saturated heterocycles. The zero-order valence-corrected chi connectivity index (χ0v) is 19.3. The molecule has 0 radical (unpaired) electrons. The molecule has 0 spiro atoms. The van der Waals surface area contributed by atoms with Gasteiger partial charge in [0.1, 0.15) is 29.7 Å². The Morgan fingerprint density at radius 2 is 2.19 bits per heavy atom. The van der Waals surface area contributed by atoms with Crippen LogP contribution in [-0.2, 0) is 9.53 Å². The van der Waals surface area contributed by atoms with Gasteiger partial charge in [-0.2, -0.15) is 0 Å². The monoisotopic (exact) mass is 503 g/mol. The lowest BCUT2D eigenvalue weighted by atomic mass is 10.0. The van der Waals surface area contributed by atoms with E-state index in [1.54, 1.807) is 27.6 Å². The zero-order valence-electron chi connectivity index (χ0n) is 19.3. The van der Waals surface area contributed by atoms with Crippen molar-refractivity contribution in [2.75, 3.05) is 31.1 Å². The summed E-state index contributed by atoms with van der Waals surface area (Å²) < 4.78 is 37.2. The van der Waals surface area contributed by atoms with E-state index in [9.17, 15) is 19.4 Å². The molecule has 0 aromatic carbocycles. The highest BCUT2D eigenvalue weighted by atomic mass is 19.1. The summed E-state index contributed by atoms with van der Waals surface area (Å²) in [7, 11) is 0. The van der Waals surface area contributed by atoms with Crippen LogP contribution < -0.4 is 10.2 Å². The number of morpholine rings is 1. The minimum atomic E-state index is -1.60. The number of carbonyl (C=O) groups is 1. The molecule has 3 aromatic rings. The van der Waals surface area contributed by atoms with Gasteiger partial charge in [-0.3, -0.25) is 14.5 Å². The van der Waals surface area contributed by atoms with Crippen LogP contribution in [0.3, 0.4) is 0 Å². The first-order valence-corrected chi connectivity index (χ1v) is 11.7. The molecule has 192 valence electrons. The van der Waals surface area contributed by atoms with Gasteiger partial charge in [-0.25, -0.2) is 23.7 Å². The average Bonchev–Trinajstić information content (AvgIpc) is 3.33. The molecule has 0 saturated carbocycles. The first-order chi connectivity index (χ1) is 17.5. The van der Waals surface area contributed by atoms with Crippen molar-refractivity contribution in [1.29, 1.82) is 0 Å². The number of fused-ring (bicyclic) bond motifs is 1. The molecular weight excluding hydrogens is 476 g/mol. The van der Waals surface area contributed by atoms with Gasteiger partial charge in [-0.05, 0) is 31.0 Å². The lowest BCUT2D eigenvalue weighted by Gasteiger charge is -2.46. The van der Waals surface area contributed by atoms with E-state index in [-0.39, 0.29) is 13.1 Å². The third kappa shape index (κ3) is 4.74. The summed E-state index contributed by atoms with van der Waals surface area (Å²) in [4.78, 5) is 28.2. The Balaban J connectivity index is 1.45. The minimum Gasteiger partial charge on any atom is -0.393 e. The van der Waals surface area contributed by atoms with Crippen LogP contribution in [-0.4, -0.2) is 91.3 Å². The van der Waals surface area contributed by atoms with Gasteiger partial charge in [-0.15, -0.1) is 0 Å². The van der Waals surface area contributed by atoms with E-state index in [2.05, 4.69) is 20.3 Å². The predicted octanol–water partition coefficient (Wildman–Crippen LogP) is 0.397. The molecule has 2 fully saturated rings. The number of nitrogens with zero attached hydrogens (tertiary/aromatic N) is 6. The number of halogens is 2. The number of hydrogen-bond acceptors (Lipinski definition) is 9. The van der Waals surface area contributed by atoms with Crippen molar-refractivity contribution >= 4 is 17.4 Å². The molecule has 3 aromatic heterocycles. The highest BCUT2D eigenvalue weighted by molar-refractivity contribution is 5.81. The number of nitrogens with one attached hydrogen (secondary N) is 1. The molecule has 13 heteroatoms. The fourth-order valence-corrected chi connectivity index (χ4v) is 4.83. The van der Waals surface area contributed by atoms with Crippen molar-refractivity contribution in [1.82, 2.24) is 29.6 Å². The van der Waals surface area contributed by atoms with Crippen LogP contribution in [0.2, 0.25) is 0 Å². The van der Waals surface area contributed by atoms with E-state index in [0.717, 1.165) is 0 Å². The van der Waals surface area contributed by atoms with E-state index < -0.39 is 49.1 Å². The quantitative estimate of drug-likeness (QED) is 0.410. The van der Waals surface area contributed by atoms with Gasteiger partial charge in [0.05, 0.1) is 24.5 Å².